The van der Waals surface area contributed by atoms with Crippen LogP contribution >= 0.6 is 0 Å². The van der Waals surface area contributed by atoms with E-state index >= 15 is 0 Å². The van der Waals surface area contributed by atoms with Crippen LogP contribution in [0.5, 0.6) is 5.75 Å². The average Bonchev–Trinajstić information content (AvgIpc) is 3.01. The van der Waals surface area contributed by atoms with Crippen molar-refractivity contribution in [1.82, 2.24) is 10.00 Å². The minimum Gasteiger partial charge on any atom is -0.483 e. The SMILES string of the molecule is CN(C)CC[n+]1[nH]c2c3c(c4c(cc31)OC(C)(C)C=C4)N(C)c1ccccc1-2. The van der Waals surface area contributed by atoms with Gasteiger partial charge in [-0.1, -0.05) is 18.2 Å². The maximum Gasteiger partial charge on any atom is 0.244 e. The van der Waals surface area contributed by atoms with Gasteiger partial charge in [0.25, 0.3) is 0 Å². The van der Waals surface area contributed by atoms with Crippen molar-refractivity contribution in [2.45, 2.75) is 26.0 Å². The molecule has 0 aliphatic carbocycles. The van der Waals surface area contributed by atoms with Crippen molar-refractivity contribution in [3.63, 3.8) is 0 Å². The number of fused-ring (bicyclic) bond motifs is 4. The predicted octanol–water partition coefficient (Wildman–Crippen LogP) is 3.95. The number of para-hydroxylation sites is 1. The van der Waals surface area contributed by atoms with Gasteiger partial charge in [0, 0.05) is 18.2 Å². The lowest BCUT2D eigenvalue weighted by molar-refractivity contribution is -0.725. The molecule has 5 heteroatoms. The molecule has 0 radical (unpaired) electrons. The molecule has 5 rings (SSSR count). The lowest BCUT2D eigenvalue weighted by Crippen LogP contribution is -2.40. The van der Waals surface area contributed by atoms with E-state index in [2.05, 4.69) is 97.1 Å². The van der Waals surface area contributed by atoms with Crippen LogP contribution in [0.15, 0.2) is 36.4 Å². The second-order valence-corrected chi connectivity index (χ2v) is 8.59. The van der Waals surface area contributed by atoms with Gasteiger partial charge in [0.15, 0.2) is 6.54 Å². The molecule has 0 bridgehead atoms. The first kappa shape index (κ1) is 17.3. The third-order valence-corrected chi connectivity index (χ3v) is 5.73. The average molecular weight is 375 g/mol. The molecule has 5 nitrogen and oxygen atoms in total. The molecule has 1 N–H and O–H groups in total. The summed E-state index contributed by atoms with van der Waals surface area (Å²) in [4.78, 5) is 4.51. The lowest BCUT2D eigenvalue weighted by Gasteiger charge is -2.33. The van der Waals surface area contributed by atoms with Crippen molar-refractivity contribution in [3.05, 3.63) is 42.0 Å². The Morgan fingerprint density at radius 3 is 2.79 bits per heavy atom. The summed E-state index contributed by atoms with van der Waals surface area (Å²) in [5.74, 6) is 0.949. The van der Waals surface area contributed by atoms with E-state index < -0.39 is 0 Å². The minimum atomic E-state index is -0.299. The van der Waals surface area contributed by atoms with Gasteiger partial charge < -0.3 is 14.5 Å². The molecule has 144 valence electrons. The number of nitrogens with one attached hydrogen (secondary N) is 1. The molecule has 2 aromatic carbocycles. The van der Waals surface area contributed by atoms with Crippen LogP contribution in [0.2, 0.25) is 0 Å². The van der Waals surface area contributed by atoms with Gasteiger partial charge >= 0.3 is 0 Å². The first-order chi connectivity index (χ1) is 13.4. The molecule has 28 heavy (non-hydrogen) atoms. The number of hydrogen-bond donors (Lipinski definition) is 1. The molecule has 3 aromatic rings. The number of ether oxygens (including phenoxy) is 1. The molecule has 0 saturated heterocycles. The highest BCUT2D eigenvalue weighted by Gasteiger charge is 2.35. The van der Waals surface area contributed by atoms with E-state index in [4.69, 9.17) is 4.74 Å². The number of likely N-dealkylation sites (N-methyl/N-ethyl adjacent to an activating group) is 1. The van der Waals surface area contributed by atoms with Gasteiger partial charge in [0.2, 0.25) is 5.52 Å². The van der Waals surface area contributed by atoms with Crippen molar-refractivity contribution in [2.24, 2.45) is 0 Å². The van der Waals surface area contributed by atoms with Gasteiger partial charge in [-0.3, -0.25) is 0 Å². The number of hydrogen-bond acceptors (Lipinski definition) is 3. The summed E-state index contributed by atoms with van der Waals surface area (Å²) >= 11 is 0. The maximum absolute atomic E-state index is 6.37. The lowest BCUT2D eigenvalue weighted by atomic mass is 9.93. The Morgan fingerprint density at radius 2 is 2.00 bits per heavy atom. The zero-order valence-corrected chi connectivity index (χ0v) is 17.2. The zero-order valence-electron chi connectivity index (χ0n) is 17.2. The van der Waals surface area contributed by atoms with E-state index in [9.17, 15) is 0 Å². The highest BCUT2D eigenvalue weighted by atomic mass is 16.5. The van der Waals surface area contributed by atoms with E-state index in [1.165, 1.54) is 33.5 Å². The first-order valence-electron chi connectivity index (χ1n) is 9.84. The predicted molar refractivity (Wildman–Crippen MR) is 114 cm³/mol. The standard InChI is InChI=1S/C23H26N4O/c1-23(2)11-10-16-19(28-23)14-18-20-21(24-27(18)13-12-25(3)4)15-8-6-7-9-17(15)26(5)22(16)20/h6-11,14H,12-13H2,1-5H3/p+1. The smallest absolute Gasteiger partial charge is 0.244 e. The van der Waals surface area contributed by atoms with Crippen molar-refractivity contribution < 1.29 is 9.42 Å². The maximum atomic E-state index is 6.37. The summed E-state index contributed by atoms with van der Waals surface area (Å²) in [5.41, 5.74) is 6.91. The summed E-state index contributed by atoms with van der Waals surface area (Å²) in [6.07, 6.45) is 4.37. The van der Waals surface area contributed by atoms with Crippen LogP contribution in [0.4, 0.5) is 11.4 Å². The van der Waals surface area contributed by atoms with Crippen LogP contribution in [-0.4, -0.2) is 43.3 Å². The molecule has 1 aromatic heterocycles. The molecule has 0 amide bonds. The minimum absolute atomic E-state index is 0.299. The van der Waals surface area contributed by atoms with Gasteiger partial charge in [-0.15, -0.1) is 4.68 Å². The van der Waals surface area contributed by atoms with Gasteiger partial charge in [0.1, 0.15) is 22.4 Å². The molecule has 0 atom stereocenters. The van der Waals surface area contributed by atoms with E-state index in [-0.39, 0.29) is 5.60 Å². The van der Waals surface area contributed by atoms with Crippen LogP contribution in [0.1, 0.15) is 19.4 Å². The second-order valence-electron chi connectivity index (χ2n) is 8.59. The zero-order chi connectivity index (χ0) is 19.6. The number of aromatic nitrogens is 2. The van der Waals surface area contributed by atoms with Crippen molar-refractivity contribution >= 4 is 28.4 Å². The number of anilines is 2. The van der Waals surface area contributed by atoms with Crippen LogP contribution in [-0.2, 0) is 6.54 Å². The van der Waals surface area contributed by atoms with Crippen LogP contribution in [0.3, 0.4) is 0 Å². The summed E-state index contributed by atoms with van der Waals surface area (Å²) in [5, 5.41) is 4.96. The van der Waals surface area contributed by atoms with E-state index in [1.807, 2.05) is 0 Å². The fourth-order valence-electron chi connectivity index (χ4n) is 4.32. The van der Waals surface area contributed by atoms with Gasteiger partial charge in [-0.25, -0.2) is 0 Å². The summed E-state index contributed by atoms with van der Waals surface area (Å²) in [6.45, 7) is 6.07. The normalized spacial score (nSPS) is 16.3. The van der Waals surface area contributed by atoms with Crippen molar-refractivity contribution in [3.8, 4) is 17.0 Å². The molecule has 2 aliphatic heterocycles. The number of H-pyrrole nitrogens is 1. The summed E-state index contributed by atoms with van der Waals surface area (Å²) < 4.78 is 8.63. The Labute approximate surface area is 165 Å². The molecule has 0 unspecified atom stereocenters. The Bertz CT molecular complexity index is 1120. The molecule has 2 aliphatic rings. The third kappa shape index (κ3) is 2.46. The number of rotatable bonds is 3. The van der Waals surface area contributed by atoms with Crippen LogP contribution in [0, 0.1) is 0 Å². The molecule has 0 fully saturated rings. The molecule has 0 spiro atoms. The van der Waals surface area contributed by atoms with Crippen LogP contribution < -0.4 is 14.3 Å². The quantitative estimate of drug-likeness (QED) is 0.704. The Morgan fingerprint density at radius 1 is 1.21 bits per heavy atom. The number of aromatic amines is 1. The van der Waals surface area contributed by atoms with Gasteiger partial charge in [-0.2, -0.15) is 5.10 Å². The van der Waals surface area contributed by atoms with Gasteiger partial charge in [-0.05, 0) is 46.2 Å². The topological polar surface area (TPSA) is 35.4 Å². The molecular formula is C23H27N4O+. The Kier molecular flexibility index (Phi) is 3.62. The first-order valence-corrected chi connectivity index (χ1v) is 9.84. The van der Waals surface area contributed by atoms with Gasteiger partial charge in [0.05, 0.1) is 24.0 Å². The molecule has 3 heterocycles. The monoisotopic (exact) mass is 375 g/mol. The molecule has 0 saturated carbocycles. The van der Waals surface area contributed by atoms with Crippen molar-refractivity contribution in [2.75, 3.05) is 32.6 Å². The van der Waals surface area contributed by atoms with E-state index in [0.717, 1.165) is 24.4 Å². The Balaban J connectivity index is 1.83. The fourth-order valence-corrected chi connectivity index (χ4v) is 4.32. The van der Waals surface area contributed by atoms with Crippen molar-refractivity contribution in [1.29, 1.82) is 0 Å². The molecular weight excluding hydrogens is 348 g/mol. The highest BCUT2D eigenvalue weighted by molar-refractivity contribution is 6.12. The second kappa shape index (κ2) is 5.85. The summed E-state index contributed by atoms with van der Waals surface area (Å²) in [6, 6.07) is 10.8. The summed E-state index contributed by atoms with van der Waals surface area (Å²) in [7, 11) is 6.37. The number of benzene rings is 2. The third-order valence-electron chi connectivity index (χ3n) is 5.73. The van der Waals surface area contributed by atoms with E-state index in [0.29, 0.717) is 0 Å². The van der Waals surface area contributed by atoms with Crippen LogP contribution in [0.25, 0.3) is 28.2 Å². The highest BCUT2D eigenvalue weighted by Crippen LogP contribution is 2.51. The van der Waals surface area contributed by atoms with E-state index in [1.54, 1.807) is 0 Å². The largest absolute Gasteiger partial charge is 0.483 e. The Hall–Kier alpha value is -2.79. The number of nitrogens with zero attached hydrogens (tertiary/aromatic N) is 3. The fraction of sp³-hybridized carbons (Fsp3) is 0.348.